The van der Waals surface area contributed by atoms with E-state index in [9.17, 15) is 9.18 Å². The first-order chi connectivity index (χ1) is 13.6. The molecule has 1 aromatic carbocycles. The number of halogens is 1. The summed E-state index contributed by atoms with van der Waals surface area (Å²) in [5.74, 6) is 0.0663. The molecule has 2 heterocycles. The number of hydrogen-bond acceptors (Lipinski definition) is 5. The van der Waals surface area contributed by atoms with Crippen LogP contribution in [0.15, 0.2) is 29.8 Å². The van der Waals surface area contributed by atoms with Gasteiger partial charge in [-0.3, -0.25) is 4.79 Å². The van der Waals surface area contributed by atoms with Crippen LogP contribution in [0, 0.1) is 18.7 Å². The Labute approximate surface area is 166 Å². The molecule has 7 nitrogen and oxygen atoms in total. The molecule has 1 saturated carbocycles. The Bertz CT molecular complexity index is 951. The molecule has 1 atom stereocenters. The molecule has 3 aromatic rings. The summed E-state index contributed by atoms with van der Waals surface area (Å²) >= 11 is 1.37. The first-order valence-corrected chi connectivity index (χ1v) is 10.3. The number of aromatic nitrogens is 5. The molecule has 0 aliphatic heterocycles. The van der Waals surface area contributed by atoms with E-state index in [0.717, 1.165) is 12.8 Å². The second kappa shape index (κ2) is 8.14. The predicted octanol–water partition coefficient (Wildman–Crippen LogP) is 3.29. The van der Waals surface area contributed by atoms with Crippen LogP contribution in [0.4, 0.5) is 9.52 Å². The monoisotopic (exact) mass is 401 g/mol. The van der Waals surface area contributed by atoms with Gasteiger partial charge in [-0.1, -0.05) is 37.0 Å². The molecule has 0 saturated heterocycles. The molecule has 1 aliphatic carbocycles. The quantitative estimate of drug-likeness (QED) is 0.621. The number of tetrazole rings is 1. The Morgan fingerprint density at radius 2 is 2.25 bits per heavy atom. The molecule has 4 rings (SSSR count). The second-order valence-corrected chi connectivity index (χ2v) is 8.05. The highest BCUT2D eigenvalue weighted by Gasteiger charge is 2.28. The average molecular weight is 401 g/mol. The molecule has 1 aliphatic rings. The van der Waals surface area contributed by atoms with Crippen molar-refractivity contribution in [3.8, 4) is 5.69 Å². The van der Waals surface area contributed by atoms with Crippen LogP contribution in [0.3, 0.4) is 0 Å². The second-order valence-electron chi connectivity index (χ2n) is 7.16. The van der Waals surface area contributed by atoms with Gasteiger partial charge in [0.2, 0.25) is 5.91 Å². The van der Waals surface area contributed by atoms with Gasteiger partial charge in [-0.2, -0.15) is 0 Å². The summed E-state index contributed by atoms with van der Waals surface area (Å²) in [6, 6.07) is 4.92. The third-order valence-corrected chi connectivity index (χ3v) is 5.99. The number of amides is 1. The largest absolute Gasteiger partial charge is 0.302 e. The summed E-state index contributed by atoms with van der Waals surface area (Å²) in [6.07, 6.45) is 7.00. The normalized spacial score (nSPS) is 15.6. The molecule has 2 aromatic heterocycles. The number of H-pyrrole nitrogens is 1. The standard InChI is InChI=1S/C19H21FN6OS/c1-12-23-24-25-26(12)17-7-6-14(11-16(17)20)15(10-13-4-2-3-5-13)18(27)22-19-21-8-9-28-19/h6-9,11,13,15H,2-5,10H2,1H3,(H,21,22,27)/p+1. The van der Waals surface area contributed by atoms with E-state index in [0.29, 0.717) is 34.5 Å². The molecule has 0 spiro atoms. The lowest BCUT2D eigenvalue weighted by molar-refractivity contribution is -0.668. The molecule has 28 heavy (non-hydrogen) atoms. The van der Waals surface area contributed by atoms with E-state index in [2.05, 4.69) is 25.8 Å². The Morgan fingerprint density at radius 1 is 1.43 bits per heavy atom. The first kappa shape index (κ1) is 18.7. The molecule has 2 N–H and O–H groups in total. The van der Waals surface area contributed by atoms with Crippen LogP contribution < -0.4 is 10.00 Å². The zero-order chi connectivity index (χ0) is 19.5. The van der Waals surface area contributed by atoms with Gasteiger partial charge in [0.25, 0.3) is 0 Å². The maximum atomic E-state index is 14.9. The third kappa shape index (κ3) is 3.94. The summed E-state index contributed by atoms with van der Waals surface area (Å²) in [6.45, 7) is 1.74. The van der Waals surface area contributed by atoms with Crippen molar-refractivity contribution in [1.82, 2.24) is 20.5 Å². The SMILES string of the molecule is Cc1nn[nH][n+]1-c1ccc(C(CC2CCCC2)C(=O)Nc2nccs2)cc1F. The van der Waals surface area contributed by atoms with E-state index in [1.807, 2.05) is 11.4 Å². The predicted molar refractivity (Wildman–Crippen MR) is 103 cm³/mol. The van der Waals surface area contributed by atoms with E-state index < -0.39 is 11.7 Å². The maximum Gasteiger partial charge on any atom is 0.302 e. The zero-order valence-electron chi connectivity index (χ0n) is 15.6. The highest BCUT2D eigenvalue weighted by atomic mass is 32.1. The summed E-state index contributed by atoms with van der Waals surface area (Å²) in [7, 11) is 0. The first-order valence-electron chi connectivity index (χ1n) is 9.41. The van der Waals surface area contributed by atoms with Crippen LogP contribution in [-0.2, 0) is 4.79 Å². The van der Waals surface area contributed by atoms with E-state index in [-0.39, 0.29) is 5.91 Å². The number of aryl methyl sites for hydroxylation is 1. The number of carbonyl (C=O) groups is 1. The summed E-state index contributed by atoms with van der Waals surface area (Å²) < 4.78 is 16.3. The summed E-state index contributed by atoms with van der Waals surface area (Å²) in [5.41, 5.74) is 0.999. The summed E-state index contributed by atoms with van der Waals surface area (Å²) in [5, 5.41) is 15.4. The molecular formula is C19H22FN6OS+. The van der Waals surface area contributed by atoms with Gasteiger partial charge in [-0.15, -0.1) is 16.0 Å². The fraction of sp³-hybridized carbons (Fsp3) is 0.421. The van der Waals surface area contributed by atoms with Crippen molar-refractivity contribution in [3.05, 3.63) is 47.0 Å². The minimum atomic E-state index is -0.421. The minimum Gasteiger partial charge on any atom is -0.301 e. The molecule has 1 unspecified atom stereocenters. The van der Waals surface area contributed by atoms with Crippen LogP contribution >= 0.6 is 11.3 Å². The van der Waals surface area contributed by atoms with Crippen molar-refractivity contribution in [2.75, 3.05) is 5.32 Å². The lowest BCUT2D eigenvalue weighted by atomic mass is 9.87. The summed E-state index contributed by atoms with van der Waals surface area (Å²) in [4.78, 5) is 17.1. The lowest BCUT2D eigenvalue weighted by Gasteiger charge is -2.20. The molecule has 0 radical (unpaired) electrons. The van der Waals surface area contributed by atoms with Crippen LogP contribution in [0.2, 0.25) is 0 Å². The number of benzene rings is 1. The van der Waals surface area contributed by atoms with Crippen LogP contribution in [0.5, 0.6) is 0 Å². The highest BCUT2D eigenvalue weighted by Crippen LogP contribution is 2.35. The van der Waals surface area contributed by atoms with Crippen molar-refractivity contribution in [3.63, 3.8) is 0 Å². The molecule has 1 amide bonds. The van der Waals surface area contributed by atoms with Crippen molar-refractivity contribution in [2.45, 2.75) is 44.9 Å². The van der Waals surface area contributed by atoms with E-state index >= 15 is 0 Å². The number of rotatable bonds is 6. The van der Waals surface area contributed by atoms with Crippen LogP contribution in [-0.4, -0.2) is 26.4 Å². The number of thiazole rings is 1. The van der Waals surface area contributed by atoms with Crippen LogP contribution in [0.25, 0.3) is 5.69 Å². The van der Waals surface area contributed by atoms with Crippen molar-refractivity contribution >= 4 is 22.4 Å². The van der Waals surface area contributed by atoms with Crippen molar-refractivity contribution < 1.29 is 13.9 Å². The van der Waals surface area contributed by atoms with Gasteiger partial charge < -0.3 is 5.32 Å². The molecule has 9 heteroatoms. The van der Waals surface area contributed by atoms with Crippen LogP contribution in [0.1, 0.15) is 49.4 Å². The molecular weight excluding hydrogens is 379 g/mol. The molecule has 0 bridgehead atoms. The smallest absolute Gasteiger partial charge is 0.301 e. The maximum absolute atomic E-state index is 14.9. The highest BCUT2D eigenvalue weighted by molar-refractivity contribution is 7.13. The van der Waals surface area contributed by atoms with Gasteiger partial charge in [-0.25, -0.2) is 9.37 Å². The third-order valence-electron chi connectivity index (χ3n) is 5.30. The number of aromatic amines is 1. The number of nitrogens with zero attached hydrogens (tertiary/aromatic N) is 4. The van der Waals surface area contributed by atoms with E-state index in [1.54, 1.807) is 19.2 Å². The Balaban J connectivity index is 1.62. The fourth-order valence-corrected chi connectivity index (χ4v) is 4.39. The number of carbonyl (C=O) groups excluding carboxylic acids is 1. The van der Waals surface area contributed by atoms with Gasteiger partial charge in [0.05, 0.1) is 5.92 Å². The topological polar surface area (TPSA) is 87.4 Å². The number of hydrogen-bond donors (Lipinski definition) is 2. The van der Waals surface area contributed by atoms with E-state index in [1.165, 1.54) is 34.9 Å². The van der Waals surface area contributed by atoms with Crippen molar-refractivity contribution in [2.24, 2.45) is 5.92 Å². The minimum absolute atomic E-state index is 0.138. The number of anilines is 1. The Kier molecular flexibility index (Phi) is 5.43. The van der Waals surface area contributed by atoms with Gasteiger partial charge >= 0.3 is 5.82 Å². The van der Waals surface area contributed by atoms with Gasteiger partial charge in [-0.05, 0) is 30.0 Å². The molecule has 146 valence electrons. The fourth-order valence-electron chi connectivity index (χ4n) is 3.86. The Hall–Kier alpha value is -2.68. The van der Waals surface area contributed by atoms with Gasteiger partial charge in [0.15, 0.2) is 21.8 Å². The number of nitrogens with one attached hydrogen (secondary N) is 2. The lowest BCUT2D eigenvalue weighted by Crippen LogP contribution is -2.37. The van der Waals surface area contributed by atoms with E-state index in [4.69, 9.17) is 0 Å². The average Bonchev–Trinajstić information content (AvgIpc) is 3.43. The van der Waals surface area contributed by atoms with Crippen molar-refractivity contribution in [1.29, 1.82) is 0 Å². The van der Waals surface area contributed by atoms with Gasteiger partial charge in [0, 0.05) is 18.5 Å². The van der Waals surface area contributed by atoms with Gasteiger partial charge in [0.1, 0.15) is 5.10 Å². The molecule has 1 fully saturated rings. The Morgan fingerprint density at radius 3 is 2.89 bits per heavy atom. The zero-order valence-corrected chi connectivity index (χ0v) is 16.4.